The summed E-state index contributed by atoms with van der Waals surface area (Å²) in [5.74, 6) is 0.723. The zero-order chi connectivity index (χ0) is 13.8. The Morgan fingerprint density at radius 3 is 2.30 bits per heavy atom. The van der Waals surface area contributed by atoms with Crippen LogP contribution in [0.5, 0.6) is 0 Å². The fraction of sp³-hybridized carbons (Fsp3) is 0.368. The Bertz CT molecular complexity index is 520. The van der Waals surface area contributed by atoms with Crippen LogP contribution in [0.3, 0.4) is 0 Å². The molecule has 3 atom stereocenters. The second-order valence-corrected chi connectivity index (χ2v) is 5.82. The van der Waals surface area contributed by atoms with Crippen molar-refractivity contribution in [2.75, 3.05) is 0 Å². The topological polar surface area (TPSA) is 12.0 Å². The van der Waals surface area contributed by atoms with Gasteiger partial charge in [-0.25, -0.2) is 0 Å². The monoisotopic (exact) mass is 265 g/mol. The molecule has 0 spiro atoms. The first-order valence-corrected chi connectivity index (χ1v) is 7.71. The van der Waals surface area contributed by atoms with Gasteiger partial charge in [0.05, 0.1) is 0 Å². The molecular weight excluding hydrogens is 242 g/mol. The summed E-state index contributed by atoms with van der Waals surface area (Å²) < 4.78 is 0. The predicted molar refractivity (Wildman–Crippen MR) is 84.9 cm³/mol. The lowest BCUT2D eigenvalue weighted by molar-refractivity contribution is 0.487. The highest BCUT2D eigenvalue weighted by molar-refractivity contribution is 5.28. The molecule has 1 fully saturated rings. The largest absolute Gasteiger partial charge is 0.310 e. The molecule has 20 heavy (non-hydrogen) atoms. The maximum atomic E-state index is 3.84. The van der Waals surface area contributed by atoms with Gasteiger partial charge in [0.25, 0.3) is 0 Å². The lowest BCUT2D eigenvalue weighted by Crippen LogP contribution is -2.33. The van der Waals surface area contributed by atoms with Crippen molar-refractivity contribution in [3.8, 4) is 0 Å². The Kier molecular flexibility index (Phi) is 4.17. The van der Waals surface area contributed by atoms with E-state index in [1.165, 1.54) is 24.0 Å². The van der Waals surface area contributed by atoms with Crippen LogP contribution in [-0.2, 0) is 6.42 Å². The van der Waals surface area contributed by atoms with Crippen molar-refractivity contribution < 1.29 is 0 Å². The molecule has 0 radical (unpaired) electrons. The SMILES string of the molecule is CCC(Cc1ccccc1)NC1CC1c1ccccc1. The second kappa shape index (κ2) is 6.23. The predicted octanol–water partition coefficient (Wildman–Crippen LogP) is 4.15. The fourth-order valence-electron chi connectivity index (χ4n) is 2.97. The van der Waals surface area contributed by atoms with E-state index < -0.39 is 0 Å². The first-order valence-electron chi connectivity index (χ1n) is 7.71. The third-order valence-corrected chi connectivity index (χ3v) is 4.29. The Morgan fingerprint density at radius 2 is 1.65 bits per heavy atom. The van der Waals surface area contributed by atoms with E-state index in [4.69, 9.17) is 0 Å². The molecule has 0 amide bonds. The van der Waals surface area contributed by atoms with Crippen molar-refractivity contribution in [2.45, 2.75) is 44.2 Å². The Labute approximate surface area is 122 Å². The third-order valence-electron chi connectivity index (χ3n) is 4.29. The molecule has 3 unspecified atom stereocenters. The Hall–Kier alpha value is -1.60. The van der Waals surface area contributed by atoms with E-state index in [2.05, 4.69) is 72.9 Å². The third kappa shape index (κ3) is 3.29. The van der Waals surface area contributed by atoms with E-state index >= 15 is 0 Å². The molecule has 2 aromatic rings. The van der Waals surface area contributed by atoms with Gasteiger partial charge in [0.2, 0.25) is 0 Å². The Morgan fingerprint density at radius 1 is 1.00 bits per heavy atom. The smallest absolute Gasteiger partial charge is 0.0145 e. The zero-order valence-electron chi connectivity index (χ0n) is 12.1. The van der Waals surface area contributed by atoms with E-state index in [1.54, 1.807) is 0 Å². The molecular formula is C19H23N. The van der Waals surface area contributed by atoms with Crippen LogP contribution >= 0.6 is 0 Å². The summed E-state index contributed by atoms with van der Waals surface area (Å²) in [6.45, 7) is 2.28. The molecule has 1 saturated carbocycles. The molecule has 3 rings (SSSR count). The zero-order valence-corrected chi connectivity index (χ0v) is 12.1. The highest BCUT2D eigenvalue weighted by Crippen LogP contribution is 2.41. The van der Waals surface area contributed by atoms with Crippen molar-refractivity contribution in [1.29, 1.82) is 0 Å². The van der Waals surface area contributed by atoms with Crippen molar-refractivity contribution in [3.05, 3.63) is 71.8 Å². The van der Waals surface area contributed by atoms with E-state index in [0.29, 0.717) is 12.1 Å². The summed E-state index contributed by atoms with van der Waals surface area (Å²) in [6, 6.07) is 23.0. The summed E-state index contributed by atoms with van der Waals surface area (Å²) in [5.41, 5.74) is 2.92. The highest BCUT2D eigenvalue weighted by Gasteiger charge is 2.38. The molecule has 0 aromatic heterocycles. The minimum atomic E-state index is 0.594. The summed E-state index contributed by atoms with van der Waals surface area (Å²) in [6.07, 6.45) is 3.61. The molecule has 104 valence electrons. The van der Waals surface area contributed by atoms with Gasteiger partial charge in [-0.3, -0.25) is 0 Å². The van der Waals surface area contributed by atoms with Crippen molar-refractivity contribution in [2.24, 2.45) is 0 Å². The quantitative estimate of drug-likeness (QED) is 0.827. The van der Waals surface area contributed by atoms with Crippen molar-refractivity contribution in [3.63, 3.8) is 0 Å². The van der Waals surface area contributed by atoms with E-state index in [-0.39, 0.29) is 0 Å². The van der Waals surface area contributed by atoms with Crippen LogP contribution in [0.2, 0.25) is 0 Å². The molecule has 0 heterocycles. The van der Waals surface area contributed by atoms with Crippen LogP contribution in [0.1, 0.15) is 36.8 Å². The number of nitrogens with one attached hydrogen (secondary N) is 1. The maximum absolute atomic E-state index is 3.84. The van der Waals surface area contributed by atoms with Gasteiger partial charge in [-0.1, -0.05) is 67.6 Å². The van der Waals surface area contributed by atoms with Gasteiger partial charge >= 0.3 is 0 Å². The molecule has 0 bridgehead atoms. The van der Waals surface area contributed by atoms with E-state index in [0.717, 1.165) is 12.3 Å². The van der Waals surface area contributed by atoms with Crippen LogP contribution in [0, 0.1) is 0 Å². The number of hydrogen-bond acceptors (Lipinski definition) is 1. The molecule has 0 saturated heterocycles. The van der Waals surface area contributed by atoms with Gasteiger partial charge in [-0.15, -0.1) is 0 Å². The fourth-order valence-corrected chi connectivity index (χ4v) is 2.97. The van der Waals surface area contributed by atoms with Crippen LogP contribution in [0.25, 0.3) is 0 Å². The highest BCUT2D eigenvalue weighted by atomic mass is 15.0. The molecule has 1 nitrogen and oxygen atoms in total. The molecule has 1 heteroatoms. The van der Waals surface area contributed by atoms with E-state index in [9.17, 15) is 0 Å². The van der Waals surface area contributed by atoms with Crippen LogP contribution in [0.15, 0.2) is 60.7 Å². The average Bonchev–Trinajstić information content (AvgIpc) is 3.28. The molecule has 2 aromatic carbocycles. The van der Waals surface area contributed by atoms with Gasteiger partial charge in [0.15, 0.2) is 0 Å². The van der Waals surface area contributed by atoms with Crippen molar-refractivity contribution >= 4 is 0 Å². The second-order valence-electron chi connectivity index (χ2n) is 5.82. The number of hydrogen-bond donors (Lipinski definition) is 1. The number of benzene rings is 2. The van der Waals surface area contributed by atoms with Gasteiger partial charge in [-0.2, -0.15) is 0 Å². The minimum absolute atomic E-state index is 0.594. The molecule has 0 aliphatic heterocycles. The molecule has 1 aliphatic rings. The summed E-state index contributed by atoms with van der Waals surface area (Å²) in [7, 11) is 0. The van der Waals surface area contributed by atoms with Crippen LogP contribution < -0.4 is 5.32 Å². The number of rotatable bonds is 6. The summed E-state index contributed by atoms with van der Waals surface area (Å²) in [4.78, 5) is 0. The van der Waals surface area contributed by atoms with Gasteiger partial charge in [-0.05, 0) is 30.4 Å². The normalized spacial score (nSPS) is 22.4. The minimum Gasteiger partial charge on any atom is -0.310 e. The molecule has 1 N–H and O–H groups in total. The lowest BCUT2D eigenvalue weighted by atomic mass is 10.0. The first-order chi connectivity index (χ1) is 9.86. The maximum Gasteiger partial charge on any atom is 0.0145 e. The average molecular weight is 265 g/mol. The van der Waals surface area contributed by atoms with Gasteiger partial charge in [0.1, 0.15) is 0 Å². The van der Waals surface area contributed by atoms with Gasteiger partial charge < -0.3 is 5.32 Å². The first kappa shape index (κ1) is 13.4. The van der Waals surface area contributed by atoms with Gasteiger partial charge in [0, 0.05) is 18.0 Å². The summed E-state index contributed by atoms with van der Waals surface area (Å²) in [5, 5.41) is 3.84. The Balaban J connectivity index is 1.55. The lowest BCUT2D eigenvalue weighted by Gasteiger charge is -2.17. The van der Waals surface area contributed by atoms with Crippen LogP contribution in [0.4, 0.5) is 0 Å². The van der Waals surface area contributed by atoms with E-state index in [1.807, 2.05) is 0 Å². The van der Waals surface area contributed by atoms with Crippen LogP contribution in [-0.4, -0.2) is 12.1 Å². The summed E-state index contributed by atoms with van der Waals surface area (Å²) >= 11 is 0. The van der Waals surface area contributed by atoms with Crippen molar-refractivity contribution in [1.82, 2.24) is 5.32 Å². The molecule has 1 aliphatic carbocycles. The standard InChI is InChI=1S/C19H23N/c1-2-17(13-15-9-5-3-6-10-15)20-19-14-18(19)16-11-7-4-8-12-16/h3-12,17-20H,2,13-14H2,1H3.